The zero-order valence-corrected chi connectivity index (χ0v) is 14.3. The highest BCUT2D eigenvalue weighted by Gasteiger charge is 2.21. The molecule has 1 aliphatic heterocycles. The molecule has 3 heterocycles. The minimum atomic E-state index is -0.313. The second kappa shape index (κ2) is 5.69. The summed E-state index contributed by atoms with van der Waals surface area (Å²) in [7, 11) is 0. The fourth-order valence-electron chi connectivity index (χ4n) is 2.88. The van der Waals surface area contributed by atoms with Crippen LogP contribution in [0, 0.1) is 5.82 Å². The highest BCUT2D eigenvalue weighted by Crippen LogP contribution is 2.30. The molecule has 0 saturated carbocycles. The topological polar surface area (TPSA) is 41.9 Å². The summed E-state index contributed by atoms with van der Waals surface area (Å²) in [5, 5.41) is 0.832. The van der Waals surface area contributed by atoms with Gasteiger partial charge in [0.2, 0.25) is 5.28 Å². The van der Waals surface area contributed by atoms with Gasteiger partial charge in [-0.05, 0) is 57.4 Å². The summed E-state index contributed by atoms with van der Waals surface area (Å²) in [6.07, 6.45) is 2.61. The van der Waals surface area contributed by atoms with Gasteiger partial charge in [0, 0.05) is 41.3 Å². The number of halogens is 3. The zero-order chi connectivity index (χ0) is 16.0. The molecule has 0 amide bonds. The second-order valence-electron chi connectivity index (χ2n) is 5.41. The van der Waals surface area contributed by atoms with Crippen LogP contribution in [0.4, 0.5) is 10.2 Å². The van der Waals surface area contributed by atoms with Gasteiger partial charge < -0.3 is 4.90 Å². The normalized spacial score (nSPS) is 14.1. The molecule has 7 heteroatoms. The van der Waals surface area contributed by atoms with E-state index < -0.39 is 0 Å². The van der Waals surface area contributed by atoms with Crippen molar-refractivity contribution in [2.75, 3.05) is 11.4 Å². The molecule has 4 rings (SSSR count). The van der Waals surface area contributed by atoms with Crippen LogP contribution in [0.3, 0.4) is 0 Å². The number of hydrogen-bond donors (Lipinski definition) is 0. The molecule has 0 atom stereocenters. The van der Waals surface area contributed by atoms with Gasteiger partial charge in [-0.1, -0.05) is 0 Å². The molecule has 23 heavy (non-hydrogen) atoms. The Hall–Kier alpha value is -1.79. The Kier molecular flexibility index (Phi) is 3.66. The van der Waals surface area contributed by atoms with Gasteiger partial charge >= 0.3 is 0 Å². The minimum Gasteiger partial charge on any atom is -0.351 e. The van der Waals surface area contributed by atoms with Gasteiger partial charge in [0.05, 0.1) is 5.52 Å². The lowest BCUT2D eigenvalue weighted by molar-refractivity contribution is 0.629. The Balaban J connectivity index is 1.82. The van der Waals surface area contributed by atoms with Crippen LogP contribution in [0.15, 0.2) is 34.9 Å². The number of benzene rings is 1. The van der Waals surface area contributed by atoms with E-state index in [4.69, 9.17) is 11.6 Å². The Morgan fingerprint density at radius 1 is 1.22 bits per heavy atom. The maximum Gasteiger partial charge on any atom is 0.224 e. The van der Waals surface area contributed by atoms with Crippen LogP contribution < -0.4 is 4.90 Å². The first-order chi connectivity index (χ1) is 11.1. The summed E-state index contributed by atoms with van der Waals surface area (Å²) in [6, 6.07) is 6.51. The highest BCUT2D eigenvalue weighted by atomic mass is 79.9. The van der Waals surface area contributed by atoms with Crippen molar-refractivity contribution in [1.82, 2.24) is 15.0 Å². The molecule has 0 saturated heterocycles. The summed E-state index contributed by atoms with van der Waals surface area (Å²) in [6.45, 7) is 1.40. The summed E-state index contributed by atoms with van der Waals surface area (Å²) in [4.78, 5) is 15.1. The lowest BCUT2D eigenvalue weighted by Crippen LogP contribution is -2.32. The number of anilines is 1. The van der Waals surface area contributed by atoms with Gasteiger partial charge in [-0.3, -0.25) is 4.98 Å². The summed E-state index contributed by atoms with van der Waals surface area (Å²) >= 11 is 9.50. The van der Waals surface area contributed by atoms with Crippen molar-refractivity contribution in [1.29, 1.82) is 0 Å². The third-order valence-electron chi connectivity index (χ3n) is 3.92. The van der Waals surface area contributed by atoms with Crippen LogP contribution in [0.2, 0.25) is 5.28 Å². The third-order valence-corrected chi connectivity index (χ3v) is 4.52. The molecule has 0 N–H and O–H groups in total. The molecule has 0 bridgehead atoms. The number of fused-ring (bicyclic) bond motifs is 2. The predicted octanol–water partition coefficient (Wildman–Crippen LogP) is 4.14. The van der Waals surface area contributed by atoms with Crippen LogP contribution in [-0.4, -0.2) is 21.5 Å². The SMILES string of the molecule is Fc1ccc2nc(Cl)nc(N3CCc4ncc(Br)cc4C3)c2c1. The van der Waals surface area contributed by atoms with E-state index in [1.54, 1.807) is 12.3 Å². The molecule has 116 valence electrons. The van der Waals surface area contributed by atoms with Crippen molar-refractivity contribution in [3.8, 4) is 0 Å². The van der Waals surface area contributed by atoms with Crippen LogP contribution in [0.5, 0.6) is 0 Å². The number of hydrogen-bond acceptors (Lipinski definition) is 4. The fourth-order valence-corrected chi connectivity index (χ4v) is 3.43. The lowest BCUT2D eigenvalue weighted by Gasteiger charge is -2.30. The van der Waals surface area contributed by atoms with Crippen LogP contribution in [-0.2, 0) is 13.0 Å². The van der Waals surface area contributed by atoms with E-state index in [9.17, 15) is 4.39 Å². The van der Waals surface area contributed by atoms with E-state index >= 15 is 0 Å². The van der Waals surface area contributed by atoms with Gasteiger partial charge in [0.1, 0.15) is 11.6 Å². The molecular weight excluding hydrogens is 383 g/mol. The number of nitrogens with zero attached hydrogens (tertiary/aromatic N) is 4. The molecule has 0 radical (unpaired) electrons. The van der Waals surface area contributed by atoms with Gasteiger partial charge in [-0.25, -0.2) is 9.37 Å². The second-order valence-corrected chi connectivity index (χ2v) is 6.66. The summed E-state index contributed by atoms with van der Waals surface area (Å²) in [5.74, 6) is 0.344. The molecule has 0 spiro atoms. The smallest absolute Gasteiger partial charge is 0.224 e. The first kappa shape index (κ1) is 14.8. The van der Waals surface area contributed by atoms with Gasteiger partial charge in [-0.15, -0.1) is 0 Å². The number of rotatable bonds is 1. The van der Waals surface area contributed by atoms with Crippen LogP contribution in [0.25, 0.3) is 10.9 Å². The van der Waals surface area contributed by atoms with Crippen molar-refractivity contribution >= 4 is 44.3 Å². The minimum absolute atomic E-state index is 0.164. The molecule has 2 aromatic heterocycles. The zero-order valence-electron chi connectivity index (χ0n) is 11.9. The third kappa shape index (κ3) is 2.77. The van der Waals surface area contributed by atoms with Gasteiger partial charge in [0.15, 0.2) is 0 Å². The lowest BCUT2D eigenvalue weighted by atomic mass is 10.1. The molecular formula is C16H11BrClFN4. The maximum absolute atomic E-state index is 13.7. The van der Waals surface area contributed by atoms with E-state index in [0.29, 0.717) is 23.3 Å². The Labute approximate surface area is 145 Å². The molecule has 4 nitrogen and oxygen atoms in total. The van der Waals surface area contributed by atoms with Crippen molar-refractivity contribution in [2.24, 2.45) is 0 Å². The first-order valence-corrected chi connectivity index (χ1v) is 8.28. The highest BCUT2D eigenvalue weighted by molar-refractivity contribution is 9.10. The van der Waals surface area contributed by atoms with Crippen molar-refractivity contribution in [2.45, 2.75) is 13.0 Å². The molecule has 3 aromatic rings. The largest absolute Gasteiger partial charge is 0.351 e. The Morgan fingerprint density at radius 2 is 2.09 bits per heavy atom. The monoisotopic (exact) mass is 392 g/mol. The molecule has 0 unspecified atom stereocenters. The maximum atomic E-state index is 13.7. The number of aromatic nitrogens is 3. The van der Waals surface area contributed by atoms with Crippen LogP contribution in [0.1, 0.15) is 11.3 Å². The van der Waals surface area contributed by atoms with E-state index in [-0.39, 0.29) is 11.1 Å². The predicted molar refractivity (Wildman–Crippen MR) is 91.2 cm³/mol. The van der Waals surface area contributed by atoms with Crippen molar-refractivity contribution in [3.05, 3.63) is 57.3 Å². The van der Waals surface area contributed by atoms with Crippen LogP contribution >= 0.6 is 27.5 Å². The van der Waals surface area contributed by atoms with Crippen molar-refractivity contribution in [3.63, 3.8) is 0 Å². The quantitative estimate of drug-likeness (QED) is 0.583. The Bertz CT molecular complexity index is 918. The van der Waals surface area contributed by atoms with Gasteiger partial charge in [0.25, 0.3) is 0 Å². The van der Waals surface area contributed by atoms with Crippen molar-refractivity contribution < 1.29 is 4.39 Å². The standard InChI is InChI=1S/C16H11BrClFN4/c17-10-5-9-8-23(4-3-13(9)20-7-10)15-12-6-11(19)1-2-14(12)21-16(18)22-15/h1-2,5-7H,3-4,8H2. The number of pyridine rings is 1. The average molecular weight is 394 g/mol. The van der Waals surface area contributed by atoms with E-state index in [0.717, 1.165) is 28.7 Å². The summed E-state index contributed by atoms with van der Waals surface area (Å²) in [5.41, 5.74) is 2.85. The Morgan fingerprint density at radius 3 is 2.96 bits per heavy atom. The molecule has 1 aliphatic rings. The van der Waals surface area contributed by atoms with Gasteiger partial charge in [-0.2, -0.15) is 4.98 Å². The summed E-state index contributed by atoms with van der Waals surface area (Å²) < 4.78 is 14.6. The molecule has 1 aromatic carbocycles. The van der Waals surface area contributed by atoms with E-state index in [1.165, 1.54) is 12.1 Å². The fraction of sp³-hybridized carbons (Fsp3) is 0.188. The van der Waals surface area contributed by atoms with E-state index in [2.05, 4.69) is 41.8 Å². The first-order valence-electron chi connectivity index (χ1n) is 7.11. The van der Waals surface area contributed by atoms with E-state index in [1.807, 2.05) is 0 Å². The molecule has 0 aliphatic carbocycles. The molecule has 0 fully saturated rings. The average Bonchev–Trinajstić information content (AvgIpc) is 2.54.